The maximum absolute atomic E-state index is 12.4. The van der Waals surface area contributed by atoms with Crippen LogP contribution in [0.25, 0.3) is 21.5 Å². The van der Waals surface area contributed by atoms with Gasteiger partial charge in [0.05, 0.1) is 0 Å². The van der Waals surface area contributed by atoms with Crippen molar-refractivity contribution >= 4 is 33.5 Å². The first-order chi connectivity index (χ1) is 14.0. The first-order valence-electron chi connectivity index (χ1n) is 10.4. The van der Waals surface area contributed by atoms with Crippen molar-refractivity contribution in [3.8, 4) is 11.5 Å². The zero-order chi connectivity index (χ0) is 20.8. The van der Waals surface area contributed by atoms with E-state index in [0.29, 0.717) is 24.3 Å². The lowest BCUT2D eigenvalue weighted by Crippen LogP contribution is -2.10. The molecule has 29 heavy (non-hydrogen) atoms. The number of ether oxygens (including phenoxy) is 2. The summed E-state index contributed by atoms with van der Waals surface area (Å²) in [6.07, 6.45) is 4.21. The fourth-order valence-corrected chi connectivity index (χ4v) is 3.41. The van der Waals surface area contributed by atoms with Crippen LogP contribution in [0.1, 0.15) is 57.9 Å². The minimum atomic E-state index is -0.244. The molecule has 152 valence electrons. The minimum absolute atomic E-state index is 0.243. The lowest BCUT2D eigenvalue weighted by atomic mass is 9.99. The van der Waals surface area contributed by atoms with Crippen molar-refractivity contribution in [1.82, 2.24) is 0 Å². The third-order valence-corrected chi connectivity index (χ3v) is 4.98. The number of esters is 2. The molecule has 3 aromatic rings. The largest absolute Gasteiger partial charge is 0.425 e. The summed E-state index contributed by atoms with van der Waals surface area (Å²) in [6, 6.07) is 13.5. The lowest BCUT2D eigenvalue weighted by molar-refractivity contribution is -0.135. The van der Waals surface area contributed by atoms with Gasteiger partial charge >= 0.3 is 11.9 Å². The first kappa shape index (κ1) is 20.8. The fraction of sp³-hybridized carbons (Fsp3) is 0.360. The van der Waals surface area contributed by atoms with Gasteiger partial charge in [0.2, 0.25) is 0 Å². The van der Waals surface area contributed by atoms with Crippen LogP contribution in [0, 0.1) is 6.92 Å². The van der Waals surface area contributed by atoms with Gasteiger partial charge in [0.1, 0.15) is 11.5 Å². The Morgan fingerprint density at radius 1 is 0.724 bits per heavy atom. The molecule has 0 unspecified atom stereocenters. The van der Waals surface area contributed by atoms with E-state index in [4.69, 9.17) is 9.47 Å². The van der Waals surface area contributed by atoms with Crippen molar-refractivity contribution in [3.63, 3.8) is 0 Å². The monoisotopic (exact) mass is 392 g/mol. The van der Waals surface area contributed by atoms with Crippen LogP contribution in [0.5, 0.6) is 11.5 Å². The molecule has 0 aliphatic heterocycles. The van der Waals surface area contributed by atoms with Crippen LogP contribution in [0.3, 0.4) is 0 Å². The number of carbonyl (C=O) groups is 2. The molecule has 0 aliphatic carbocycles. The molecular formula is C25H28O4. The molecule has 0 N–H and O–H groups in total. The Labute approximate surface area is 171 Å². The molecule has 0 spiro atoms. The van der Waals surface area contributed by atoms with E-state index in [1.807, 2.05) is 63.2 Å². The highest BCUT2D eigenvalue weighted by Gasteiger charge is 2.20. The van der Waals surface area contributed by atoms with Crippen LogP contribution in [0.15, 0.2) is 42.5 Å². The molecule has 4 heteroatoms. The molecule has 0 saturated heterocycles. The van der Waals surface area contributed by atoms with E-state index in [2.05, 4.69) is 0 Å². The van der Waals surface area contributed by atoms with Crippen molar-refractivity contribution in [2.75, 3.05) is 0 Å². The van der Waals surface area contributed by atoms with Gasteiger partial charge in [0, 0.05) is 34.4 Å². The fourth-order valence-electron chi connectivity index (χ4n) is 3.41. The summed E-state index contributed by atoms with van der Waals surface area (Å²) in [4.78, 5) is 24.8. The maximum atomic E-state index is 12.4. The van der Waals surface area contributed by atoms with Gasteiger partial charge in [-0.2, -0.15) is 0 Å². The highest BCUT2D eigenvalue weighted by atomic mass is 16.5. The van der Waals surface area contributed by atoms with Crippen molar-refractivity contribution in [2.45, 2.75) is 59.3 Å². The molecule has 0 fully saturated rings. The zero-order valence-electron chi connectivity index (χ0n) is 17.4. The Hall–Kier alpha value is -2.88. The van der Waals surface area contributed by atoms with Gasteiger partial charge in [-0.05, 0) is 25.8 Å². The third kappa shape index (κ3) is 4.76. The molecule has 0 aromatic heterocycles. The summed E-state index contributed by atoms with van der Waals surface area (Å²) in [5.74, 6) is 0.581. The van der Waals surface area contributed by atoms with Crippen molar-refractivity contribution in [3.05, 3.63) is 48.0 Å². The van der Waals surface area contributed by atoms with E-state index in [-0.39, 0.29) is 11.9 Å². The minimum Gasteiger partial charge on any atom is -0.425 e. The quantitative estimate of drug-likeness (QED) is 0.250. The number of aryl methyl sites for hydroxylation is 1. The van der Waals surface area contributed by atoms with E-state index < -0.39 is 0 Å². The van der Waals surface area contributed by atoms with Crippen LogP contribution in [0.2, 0.25) is 0 Å². The second-order valence-corrected chi connectivity index (χ2v) is 7.41. The zero-order valence-corrected chi connectivity index (χ0v) is 17.4. The SMILES string of the molecule is CCCCC(=O)Oc1c2ccccc2c(OC(=O)CCCC)c2cc(C)ccc12. The van der Waals surface area contributed by atoms with Gasteiger partial charge in [0.25, 0.3) is 0 Å². The summed E-state index contributed by atoms with van der Waals surface area (Å²) < 4.78 is 11.7. The molecule has 0 atom stereocenters. The Morgan fingerprint density at radius 3 is 1.72 bits per heavy atom. The molecular weight excluding hydrogens is 364 g/mol. The highest BCUT2D eigenvalue weighted by Crippen LogP contribution is 2.43. The van der Waals surface area contributed by atoms with E-state index in [0.717, 1.165) is 52.8 Å². The van der Waals surface area contributed by atoms with Gasteiger partial charge in [0.15, 0.2) is 0 Å². The molecule has 0 amide bonds. The van der Waals surface area contributed by atoms with Crippen LogP contribution in [-0.2, 0) is 9.59 Å². The van der Waals surface area contributed by atoms with Gasteiger partial charge in [-0.1, -0.05) is 68.7 Å². The normalized spacial score (nSPS) is 11.0. The van der Waals surface area contributed by atoms with Gasteiger partial charge < -0.3 is 9.47 Å². The van der Waals surface area contributed by atoms with Gasteiger partial charge in [-0.25, -0.2) is 0 Å². The molecule has 0 radical (unpaired) electrons. The second kappa shape index (κ2) is 9.55. The van der Waals surface area contributed by atoms with Gasteiger partial charge in [-0.3, -0.25) is 9.59 Å². The van der Waals surface area contributed by atoms with Gasteiger partial charge in [-0.15, -0.1) is 0 Å². The van der Waals surface area contributed by atoms with E-state index in [1.54, 1.807) is 0 Å². The molecule has 0 saturated carbocycles. The summed E-state index contributed by atoms with van der Waals surface area (Å²) in [7, 11) is 0. The Bertz CT molecular complexity index is 1040. The van der Waals surface area contributed by atoms with Crippen LogP contribution in [0.4, 0.5) is 0 Å². The van der Waals surface area contributed by atoms with Crippen LogP contribution >= 0.6 is 0 Å². The van der Waals surface area contributed by atoms with Crippen molar-refractivity contribution in [2.24, 2.45) is 0 Å². The third-order valence-electron chi connectivity index (χ3n) is 4.98. The lowest BCUT2D eigenvalue weighted by Gasteiger charge is -2.17. The van der Waals surface area contributed by atoms with Crippen LogP contribution < -0.4 is 9.47 Å². The maximum Gasteiger partial charge on any atom is 0.311 e. The average molecular weight is 392 g/mol. The molecule has 3 aromatic carbocycles. The van der Waals surface area contributed by atoms with Crippen LogP contribution in [-0.4, -0.2) is 11.9 Å². The number of unbranched alkanes of at least 4 members (excludes halogenated alkanes) is 2. The number of fused-ring (bicyclic) bond motifs is 2. The number of hydrogen-bond donors (Lipinski definition) is 0. The average Bonchev–Trinajstić information content (AvgIpc) is 2.72. The molecule has 0 heterocycles. The topological polar surface area (TPSA) is 52.6 Å². The highest BCUT2D eigenvalue weighted by molar-refractivity contribution is 6.12. The van der Waals surface area contributed by atoms with Crippen molar-refractivity contribution < 1.29 is 19.1 Å². The Morgan fingerprint density at radius 2 is 1.21 bits per heavy atom. The number of benzene rings is 3. The van der Waals surface area contributed by atoms with Crippen molar-refractivity contribution in [1.29, 1.82) is 0 Å². The summed E-state index contributed by atoms with van der Waals surface area (Å²) in [5.41, 5.74) is 1.04. The summed E-state index contributed by atoms with van der Waals surface area (Å²) in [5, 5.41) is 3.10. The predicted molar refractivity (Wildman–Crippen MR) is 117 cm³/mol. The Kier molecular flexibility index (Phi) is 6.86. The van der Waals surface area contributed by atoms with E-state index in [9.17, 15) is 9.59 Å². The molecule has 0 bridgehead atoms. The Balaban J connectivity index is 2.17. The molecule has 3 rings (SSSR count). The standard InChI is InChI=1S/C25H28O4/c1-4-6-12-22(26)28-24-18-10-8-9-11-19(18)25(29-23(27)13-7-5-2)21-16-17(3)14-15-20(21)24/h8-11,14-16H,4-7,12-13H2,1-3H3. The molecule has 0 aliphatic rings. The van der Waals surface area contributed by atoms with E-state index >= 15 is 0 Å². The van der Waals surface area contributed by atoms with E-state index in [1.165, 1.54) is 0 Å². The number of hydrogen-bond acceptors (Lipinski definition) is 4. The number of carbonyl (C=O) groups excluding carboxylic acids is 2. The first-order valence-corrected chi connectivity index (χ1v) is 10.4. The molecule has 4 nitrogen and oxygen atoms in total. The number of rotatable bonds is 8. The second-order valence-electron chi connectivity index (χ2n) is 7.41. The smallest absolute Gasteiger partial charge is 0.311 e. The predicted octanol–water partition coefficient (Wildman–Crippen LogP) is 6.49. The summed E-state index contributed by atoms with van der Waals surface area (Å²) >= 11 is 0. The summed E-state index contributed by atoms with van der Waals surface area (Å²) in [6.45, 7) is 6.08.